The van der Waals surface area contributed by atoms with E-state index in [9.17, 15) is 4.79 Å². The number of hydrazine groups is 1. The largest absolute Gasteiger partial charge is 0.328 e. The summed E-state index contributed by atoms with van der Waals surface area (Å²) in [6.45, 7) is 5.03. The van der Waals surface area contributed by atoms with Crippen molar-refractivity contribution in [1.82, 2.24) is 20.2 Å². The zero-order valence-corrected chi connectivity index (χ0v) is 9.58. The third-order valence-electron chi connectivity index (χ3n) is 2.05. The van der Waals surface area contributed by atoms with Gasteiger partial charge in [0.1, 0.15) is 0 Å². The minimum absolute atomic E-state index is 0.0777. The zero-order valence-electron chi connectivity index (χ0n) is 9.58. The van der Waals surface area contributed by atoms with E-state index in [0.29, 0.717) is 0 Å². The van der Waals surface area contributed by atoms with Crippen molar-refractivity contribution in [3.8, 4) is 12.1 Å². The smallest absolute Gasteiger partial charge is 0.235 e. The van der Waals surface area contributed by atoms with Gasteiger partial charge in [-0.2, -0.15) is 0 Å². The van der Waals surface area contributed by atoms with Gasteiger partial charge in [0.2, 0.25) is 5.91 Å². The van der Waals surface area contributed by atoms with E-state index in [-0.39, 0.29) is 5.91 Å². The molecule has 1 heterocycles. The SMILES string of the molecule is CC(=O)NN1C#CN(CCN(C)C)CC1. The zero-order chi connectivity index (χ0) is 11.3. The molecule has 5 heteroatoms. The minimum Gasteiger partial charge on any atom is -0.328 e. The van der Waals surface area contributed by atoms with Crippen LogP contribution in [0.15, 0.2) is 0 Å². The second-order valence-corrected chi connectivity index (χ2v) is 3.83. The van der Waals surface area contributed by atoms with Gasteiger partial charge in [0.15, 0.2) is 0 Å². The van der Waals surface area contributed by atoms with Crippen LogP contribution in [0.5, 0.6) is 0 Å². The van der Waals surface area contributed by atoms with Crippen molar-refractivity contribution in [2.45, 2.75) is 6.92 Å². The number of rotatable bonds is 4. The van der Waals surface area contributed by atoms with Crippen molar-refractivity contribution in [1.29, 1.82) is 0 Å². The van der Waals surface area contributed by atoms with E-state index in [4.69, 9.17) is 0 Å². The first-order valence-electron chi connectivity index (χ1n) is 5.03. The van der Waals surface area contributed by atoms with Gasteiger partial charge in [-0.25, -0.2) is 5.01 Å². The van der Waals surface area contributed by atoms with Gasteiger partial charge in [0, 0.05) is 32.6 Å². The number of carbonyl (C=O) groups excluding carboxylic acids is 1. The van der Waals surface area contributed by atoms with Crippen LogP contribution in [-0.4, -0.2) is 61.0 Å². The molecule has 15 heavy (non-hydrogen) atoms. The quantitative estimate of drug-likeness (QED) is 0.613. The number of hydrogen-bond acceptors (Lipinski definition) is 4. The highest BCUT2D eigenvalue weighted by atomic mass is 16.2. The molecule has 0 unspecified atom stereocenters. The Kier molecular flexibility index (Phi) is 4.25. The summed E-state index contributed by atoms with van der Waals surface area (Å²) in [5, 5.41) is 1.63. The molecular weight excluding hydrogens is 192 g/mol. The Hall–Kier alpha value is -1.41. The second kappa shape index (κ2) is 5.47. The lowest BCUT2D eigenvalue weighted by molar-refractivity contribution is -0.122. The van der Waals surface area contributed by atoms with Crippen molar-refractivity contribution in [2.24, 2.45) is 0 Å². The van der Waals surface area contributed by atoms with Crippen LogP contribution >= 0.6 is 0 Å². The summed E-state index contributed by atoms with van der Waals surface area (Å²) >= 11 is 0. The molecule has 0 bridgehead atoms. The van der Waals surface area contributed by atoms with Crippen molar-refractivity contribution in [3.63, 3.8) is 0 Å². The lowest BCUT2D eigenvalue weighted by atomic mass is 10.4. The second-order valence-electron chi connectivity index (χ2n) is 3.83. The first kappa shape index (κ1) is 11.7. The van der Waals surface area contributed by atoms with Crippen molar-refractivity contribution in [2.75, 3.05) is 40.3 Å². The average molecular weight is 210 g/mol. The molecule has 0 atom stereocenters. The van der Waals surface area contributed by atoms with Crippen molar-refractivity contribution in [3.05, 3.63) is 0 Å². The van der Waals surface area contributed by atoms with Crippen LogP contribution in [-0.2, 0) is 4.79 Å². The maximum Gasteiger partial charge on any atom is 0.235 e. The number of amides is 1. The van der Waals surface area contributed by atoms with Gasteiger partial charge >= 0.3 is 0 Å². The Bertz CT molecular complexity index is 279. The van der Waals surface area contributed by atoms with E-state index >= 15 is 0 Å². The van der Waals surface area contributed by atoms with Crippen LogP contribution in [0, 0.1) is 12.1 Å². The molecule has 0 radical (unpaired) electrons. The number of likely N-dealkylation sites (N-methyl/N-ethyl adjacent to an activating group) is 1. The molecule has 0 aromatic heterocycles. The first-order valence-corrected chi connectivity index (χ1v) is 5.03. The molecule has 1 amide bonds. The van der Waals surface area contributed by atoms with Gasteiger partial charge in [-0.3, -0.25) is 10.2 Å². The van der Waals surface area contributed by atoms with Gasteiger partial charge in [0.05, 0.1) is 12.6 Å². The highest BCUT2D eigenvalue weighted by molar-refractivity contribution is 5.72. The molecular formula is C10H18N4O. The standard InChI is InChI=1S/C10H18N4O/c1-10(15)11-14-8-6-13(7-9-14)5-4-12(2)3/h4-6,8H2,1-3H3,(H,11,15). The third kappa shape index (κ3) is 4.56. The summed E-state index contributed by atoms with van der Waals surface area (Å²) in [6.07, 6.45) is 0. The fourth-order valence-electron chi connectivity index (χ4n) is 1.23. The van der Waals surface area contributed by atoms with Crippen LogP contribution in [0.1, 0.15) is 6.92 Å². The number of carbonyl (C=O) groups is 1. The fourth-order valence-corrected chi connectivity index (χ4v) is 1.23. The van der Waals surface area contributed by atoms with E-state index in [2.05, 4.69) is 27.3 Å². The van der Waals surface area contributed by atoms with Gasteiger partial charge in [0.25, 0.3) is 0 Å². The average Bonchev–Trinajstić information content (AvgIpc) is 2.16. The molecule has 1 aliphatic heterocycles. The predicted octanol–water partition coefficient (Wildman–Crippen LogP) is -0.865. The third-order valence-corrected chi connectivity index (χ3v) is 2.05. The maximum atomic E-state index is 10.8. The van der Waals surface area contributed by atoms with Gasteiger partial charge < -0.3 is 9.80 Å². The highest BCUT2D eigenvalue weighted by Gasteiger charge is 2.09. The molecule has 0 saturated carbocycles. The van der Waals surface area contributed by atoms with Crippen LogP contribution < -0.4 is 5.43 Å². The van der Waals surface area contributed by atoms with Crippen LogP contribution in [0.3, 0.4) is 0 Å². The number of nitrogens with one attached hydrogen (secondary N) is 1. The summed E-state index contributed by atoms with van der Waals surface area (Å²) in [7, 11) is 4.09. The Labute approximate surface area is 91.0 Å². The monoisotopic (exact) mass is 210 g/mol. The first-order chi connectivity index (χ1) is 7.08. The van der Waals surface area contributed by atoms with Crippen LogP contribution in [0.2, 0.25) is 0 Å². The van der Waals surface area contributed by atoms with Crippen LogP contribution in [0.25, 0.3) is 0 Å². The minimum atomic E-state index is -0.0777. The van der Waals surface area contributed by atoms with Crippen LogP contribution in [0.4, 0.5) is 0 Å². The Morgan fingerprint density at radius 1 is 1.40 bits per heavy atom. The van der Waals surface area contributed by atoms with Gasteiger partial charge in [-0.05, 0) is 14.1 Å². The topological polar surface area (TPSA) is 38.8 Å². The Balaban J connectivity index is 2.32. The predicted molar refractivity (Wildman–Crippen MR) is 58.4 cm³/mol. The number of nitrogens with zero attached hydrogens (tertiary/aromatic N) is 3. The highest BCUT2D eigenvalue weighted by Crippen LogP contribution is 1.94. The summed E-state index contributed by atoms with van der Waals surface area (Å²) in [5.41, 5.74) is 2.65. The molecule has 0 saturated heterocycles. The molecule has 0 aromatic carbocycles. The van der Waals surface area contributed by atoms with Crippen molar-refractivity contribution >= 4 is 5.91 Å². The Morgan fingerprint density at radius 3 is 2.60 bits per heavy atom. The molecule has 0 aliphatic carbocycles. The van der Waals surface area contributed by atoms with E-state index in [1.807, 2.05) is 14.1 Å². The molecule has 1 N–H and O–H groups in total. The molecule has 0 spiro atoms. The lowest BCUT2D eigenvalue weighted by Crippen LogP contribution is -2.45. The number of hydrogen-bond donors (Lipinski definition) is 1. The van der Waals surface area contributed by atoms with Crippen molar-refractivity contribution < 1.29 is 4.79 Å². The molecule has 1 rings (SSSR count). The molecule has 84 valence electrons. The Morgan fingerprint density at radius 2 is 2.13 bits per heavy atom. The molecule has 0 fully saturated rings. The van der Waals surface area contributed by atoms with Gasteiger partial charge in [-0.1, -0.05) is 0 Å². The van der Waals surface area contributed by atoms with E-state index < -0.39 is 0 Å². The summed E-state index contributed by atoms with van der Waals surface area (Å²) in [4.78, 5) is 15.0. The van der Waals surface area contributed by atoms with E-state index in [1.54, 1.807) is 5.01 Å². The fraction of sp³-hybridized carbons (Fsp3) is 0.700. The summed E-state index contributed by atoms with van der Waals surface area (Å²) < 4.78 is 0. The molecule has 0 aromatic rings. The molecule has 1 aliphatic rings. The van der Waals surface area contributed by atoms with Gasteiger partial charge in [-0.15, -0.1) is 0 Å². The van der Waals surface area contributed by atoms with E-state index in [0.717, 1.165) is 26.2 Å². The van der Waals surface area contributed by atoms with E-state index in [1.165, 1.54) is 6.92 Å². The normalized spacial score (nSPS) is 14.9. The lowest BCUT2D eigenvalue weighted by Gasteiger charge is -2.27. The summed E-state index contributed by atoms with van der Waals surface area (Å²) in [6, 6.07) is 5.88. The maximum absolute atomic E-state index is 10.8. The molecule has 5 nitrogen and oxygen atoms in total. The summed E-state index contributed by atoms with van der Waals surface area (Å²) in [5.74, 6) is -0.0777.